The van der Waals surface area contributed by atoms with Crippen molar-refractivity contribution in [3.8, 4) is 17.4 Å². The summed E-state index contributed by atoms with van der Waals surface area (Å²) in [7, 11) is -4.11. The van der Waals surface area contributed by atoms with Crippen LogP contribution in [0.1, 0.15) is 17.8 Å². The number of alkyl halides is 3. The second kappa shape index (κ2) is 8.30. The van der Waals surface area contributed by atoms with Crippen molar-refractivity contribution in [3.05, 3.63) is 54.1 Å². The van der Waals surface area contributed by atoms with Crippen LogP contribution in [0.2, 0.25) is 0 Å². The van der Waals surface area contributed by atoms with Gasteiger partial charge in [0, 0.05) is 17.4 Å². The van der Waals surface area contributed by atoms with Crippen molar-refractivity contribution in [3.63, 3.8) is 0 Å². The number of nitrogens with zero attached hydrogens (tertiary/aromatic N) is 4. The molecule has 160 valence electrons. The van der Waals surface area contributed by atoms with Crippen LogP contribution in [-0.2, 0) is 10.0 Å². The molecule has 30 heavy (non-hydrogen) atoms. The molecule has 3 rings (SSSR count). The van der Waals surface area contributed by atoms with Crippen molar-refractivity contribution < 1.29 is 26.3 Å². The second-order valence-electron chi connectivity index (χ2n) is 6.43. The van der Waals surface area contributed by atoms with Gasteiger partial charge >= 0.3 is 6.18 Å². The summed E-state index contributed by atoms with van der Waals surface area (Å²) < 4.78 is 69.5. The van der Waals surface area contributed by atoms with Crippen molar-refractivity contribution in [2.45, 2.75) is 26.4 Å². The lowest BCUT2D eigenvalue weighted by atomic mass is 10.3. The van der Waals surface area contributed by atoms with Gasteiger partial charge < -0.3 is 4.74 Å². The molecular formula is C18H18F3N5O3S. The summed E-state index contributed by atoms with van der Waals surface area (Å²) in [4.78, 5) is 4.20. The fourth-order valence-electron chi connectivity index (χ4n) is 2.42. The molecule has 0 atom stereocenters. The molecule has 0 fully saturated rings. The number of aromatic nitrogens is 4. The first-order valence-electron chi connectivity index (χ1n) is 8.72. The molecule has 0 saturated carbocycles. The van der Waals surface area contributed by atoms with Crippen molar-refractivity contribution in [2.75, 3.05) is 10.5 Å². The first-order valence-corrected chi connectivity index (χ1v) is 10.4. The van der Waals surface area contributed by atoms with E-state index in [1.807, 2.05) is 13.8 Å². The van der Waals surface area contributed by atoms with Crippen LogP contribution >= 0.6 is 0 Å². The predicted octanol–water partition coefficient (Wildman–Crippen LogP) is 3.77. The Bertz CT molecular complexity index is 1110. The Kier molecular flexibility index (Phi) is 5.97. The van der Waals surface area contributed by atoms with Gasteiger partial charge in [-0.15, -0.1) is 10.2 Å². The van der Waals surface area contributed by atoms with E-state index in [1.165, 1.54) is 24.3 Å². The smallest absolute Gasteiger partial charge is 0.390 e. The van der Waals surface area contributed by atoms with Gasteiger partial charge in [-0.1, -0.05) is 0 Å². The molecule has 12 heteroatoms. The summed E-state index contributed by atoms with van der Waals surface area (Å²) in [6.45, 7) is 3.80. The maximum Gasteiger partial charge on any atom is 0.390 e. The van der Waals surface area contributed by atoms with Gasteiger partial charge in [0.2, 0.25) is 15.9 Å². The number of hydrogen-bond acceptors (Lipinski definition) is 6. The average Bonchev–Trinajstić information content (AvgIpc) is 3.01. The molecule has 3 aromatic rings. The van der Waals surface area contributed by atoms with E-state index in [1.54, 1.807) is 23.0 Å². The van der Waals surface area contributed by atoms with E-state index in [-0.39, 0.29) is 11.6 Å². The lowest BCUT2D eigenvalue weighted by molar-refractivity contribution is -0.129. The Hall–Kier alpha value is -3.15. The molecule has 1 aromatic carbocycles. The fourth-order valence-corrected chi connectivity index (χ4v) is 3.52. The number of hydrogen-bond donors (Lipinski definition) is 1. The van der Waals surface area contributed by atoms with Crippen molar-refractivity contribution in [1.29, 1.82) is 0 Å². The third-order valence-corrected chi connectivity index (χ3v) is 5.42. The van der Waals surface area contributed by atoms with Crippen LogP contribution in [0.3, 0.4) is 0 Å². The summed E-state index contributed by atoms with van der Waals surface area (Å²) >= 11 is 0. The van der Waals surface area contributed by atoms with E-state index in [0.717, 1.165) is 11.4 Å². The van der Waals surface area contributed by atoms with Gasteiger partial charge in [0.15, 0.2) is 5.82 Å². The number of anilines is 1. The van der Waals surface area contributed by atoms with Crippen molar-refractivity contribution in [2.24, 2.45) is 0 Å². The summed E-state index contributed by atoms with van der Waals surface area (Å²) in [6.07, 6.45) is -4.32. The number of benzene rings is 1. The van der Waals surface area contributed by atoms with E-state index >= 15 is 0 Å². The second-order valence-corrected chi connectivity index (χ2v) is 8.27. The normalized spacial score (nSPS) is 12.0. The number of ether oxygens (including phenoxy) is 1. The van der Waals surface area contributed by atoms with Crippen LogP contribution in [0, 0.1) is 13.8 Å². The largest absolute Gasteiger partial charge is 0.438 e. The highest BCUT2D eigenvalue weighted by Crippen LogP contribution is 2.24. The molecule has 2 aromatic heterocycles. The van der Waals surface area contributed by atoms with Gasteiger partial charge in [-0.2, -0.15) is 13.2 Å². The SMILES string of the molecule is Cc1ncn(-c2ccc(Oc3ccc(NS(=O)(=O)CCC(F)(F)F)cc3)nn2)c1C. The summed E-state index contributed by atoms with van der Waals surface area (Å²) in [5, 5.41) is 8.08. The van der Waals surface area contributed by atoms with E-state index in [0.29, 0.717) is 11.6 Å². The van der Waals surface area contributed by atoms with E-state index in [2.05, 4.69) is 19.9 Å². The van der Waals surface area contributed by atoms with Gasteiger partial charge in [-0.05, 0) is 44.2 Å². The molecule has 1 N–H and O–H groups in total. The number of halogens is 3. The zero-order valence-corrected chi connectivity index (χ0v) is 16.8. The van der Waals surface area contributed by atoms with Crippen LogP contribution in [-0.4, -0.2) is 40.1 Å². The molecule has 0 spiro atoms. The molecule has 0 aliphatic rings. The lowest BCUT2D eigenvalue weighted by Gasteiger charge is -2.10. The van der Waals surface area contributed by atoms with Crippen molar-refractivity contribution >= 4 is 15.7 Å². The van der Waals surface area contributed by atoms with Gasteiger partial charge in [0.1, 0.15) is 12.1 Å². The summed E-state index contributed by atoms with van der Waals surface area (Å²) in [6, 6.07) is 8.99. The number of sulfonamides is 1. The molecule has 0 saturated heterocycles. The minimum atomic E-state index is -4.54. The number of aryl methyl sites for hydroxylation is 1. The molecular weight excluding hydrogens is 423 g/mol. The first-order chi connectivity index (χ1) is 14.0. The Morgan fingerprint density at radius 3 is 2.30 bits per heavy atom. The van der Waals surface area contributed by atoms with Crippen LogP contribution < -0.4 is 9.46 Å². The van der Waals surface area contributed by atoms with Crippen LogP contribution in [0.5, 0.6) is 11.6 Å². The minimum absolute atomic E-state index is 0.122. The monoisotopic (exact) mass is 441 g/mol. The van der Waals surface area contributed by atoms with Crippen LogP contribution in [0.25, 0.3) is 5.82 Å². The van der Waals surface area contributed by atoms with E-state index < -0.39 is 28.4 Å². The summed E-state index contributed by atoms with van der Waals surface area (Å²) in [5.74, 6) is 0.0906. The predicted molar refractivity (Wildman–Crippen MR) is 103 cm³/mol. The standard InChI is InChI=1S/C18H18F3N5O3S/c1-12-13(2)26(11-22-12)16-7-8-17(24-23-16)29-15-5-3-14(4-6-15)25-30(27,28)10-9-18(19,20)21/h3-8,11,25H,9-10H2,1-2H3. The average molecular weight is 441 g/mol. The van der Waals surface area contributed by atoms with Crippen LogP contribution in [0.15, 0.2) is 42.7 Å². The molecule has 0 radical (unpaired) electrons. The molecule has 2 heterocycles. The quantitative estimate of drug-likeness (QED) is 0.599. The lowest BCUT2D eigenvalue weighted by Crippen LogP contribution is -2.21. The topological polar surface area (TPSA) is 99.0 Å². The first kappa shape index (κ1) is 21.6. The molecule has 0 aliphatic heterocycles. The van der Waals surface area contributed by atoms with Crippen LogP contribution in [0.4, 0.5) is 18.9 Å². The van der Waals surface area contributed by atoms with Gasteiger partial charge in [0.05, 0.1) is 17.9 Å². The summed E-state index contributed by atoms with van der Waals surface area (Å²) in [5.41, 5.74) is 1.94. The third-order valence-electron chi connectivity index (χ3n) is 4.13. The highest BCUT2D eigenvalue weighted by molar-refractivity contribution is 7.92. The number of imidazole rings is 1. The molecule has 8 nitrogen and oxygen atoms in total. The minimum Gasteiger partial charge on any atom is -0.438 e. The Morgan fingerprint density at radius 2 is 1.77 bits per heavy atom. The maximum absolute atomic E-state index is 12.2. The molecule has 0 aliphatic carbocycles. The highest BCUT2D eigenvalue weighted by atomic mass is 32.2. The number of rotatable bonds is 7. The van der Waals surface area contributed by atoms with Gasteiger partial charge in [-0.3, -0.25) is 9.29 Å². The molecule has 0 bridgehead atoms. The van der Waals surface area contributed by atoms with Gasteiger partial charge in [0.25, 0.3) is 0 Å². The number of nitrogens with one attached hydrogen (secondary N) is 1. The van der Waals surface area contributed by atoms with Gasteiger partial charge in [-0.25, -0.2) is 13.4 Å². The Balaban J connectivity index is 1.62. The zero-order valence-electron chi connectivity index (χ0n) is 16.0. The Labute approximate surface area is 170 Å². The molecule has 0 unspecified atom stereocenters. The maximum atomic E-state index is 12.2. The Morgan fingerprint density at radius 1 is 1.07 bits per heavy atom. The van der Waals surface area contributed by atoms with Crippen molar-refractivity contribution in [1.82, 2.24) is 19.7 Å². The fraction of sp³-hybridized carbons (Fsp3) is 0.278. The van der Waals surface area contributed by atoms with E-state index in [9.17, 15) is 21.6 Å². The highest BCUT2D eigenvalue weighted by Gasteiger charge is 2.29. The zero-order chi connectivity index (χ0) is 21.9. The molecule has 0 amide bonds. The van der Waals surface area contributed by atoms with E-state index in [4.69, 9.17) is 4.74 Å². The third kappa shape index (κ3) is 5.69.